The fraction of sp³-hybridized carbons (Fsp3) is 0.217. The van der Waals surface area contributed by atoms with E-state index >= 15 is 0 Å². The van der Waals surface area contributed by atoms with E-state index in [-0.39, 0.29) is 6.10 Å². The molecular weight excluding hydrogens is 366 g/mol. The quantitative estimate of drug-likeness (QED) is 0.334. The van der Waals surface area contributed by atoms with Gasteiger partial charge in [0, 0.05) is 23.5 Å². The van der Waals surface area contributed by atoms with Crippen LogP contribution in [0.25, 0.3) is 0 Å². The number of benzene rings is 2. The molecule has 0 spiro atoms. The zero-order valence-corrected chi connectivity index (χ0v) is 16.6. The first-order valence-corrected chi connectivity index (χ1v) is 9.43. The van der Waals surface area contributed by atoms with Crippen LogP contribution in [0.4, 0.5) is 0 Å². The van der Waals surface area contributed by atoms with Gasteiger partial charge in [0.1, 0.15) is 24.7 Å². The van der Waals surface area contributed by atoms with Crippen LogP contribution in [0.2, 0.25) is 0 Å². The van der Waals surface area contributed by atoms with E-state index in [0.717, 1.165) is 28.2 Å². The molecule has 2 N–H and O–H groups in total. The summed E-state index contributed by atoms with van der Waals surface area (Å²) in [5.74, 6) is 1.89. The molecule has 150 valence electrons. The standard InChI is InChI=1S/C23H25N3O3/c1-17(2)29-22-9-5-18(6-10-22)16-28-26-23(24)20-7-11-21(12-8-20)27-15-19-4-3-13-25-14-19/h3-14,17H,15-16H2,1-2H3,(H2,24,26). The van der Waals surface area contributed by atoms with Crippen molar-refractivity contribution >= 4 is 5.84 Å². The molecule has 0 unspecified atom stereocenters. The Kier molecular flexibility index (Phi) is 7.05. The SMILES string of the molecule is CC(C)Oc1ccc(CO/N=C(/N)c2ccc(OCc3cccnc3)cc2)cc1. The Morgan fingerprint density at radius 3 is 2.31 bits per heavy atom. The van der Waals surface area contributed by atoms with Crippen molar-refractivity contribution in [2.75, 3.05) is 0 Å². The minimum absolute atomic E-state index is 0.147. The molecule has 3 aromatic rings. The fourth-order valence-electron chi connectivity index (χ4n) is 2.54. The first-order valence-electron chi connectivity index (χ1n) is 9.43. The Morgan fingerprint density at radius 1 is 0.931 bits per heavy atom. The topological polar surface area (TPSA) is 79.0 Å². The van der Waals surface area contributed by atoms with Gasteiger partial charge in [0.2, 0.25) is 0 Å². The van der Waals surface area contributed by atoms with E-state index in [1.165, 1.54) is 0 Å². The van der Waals surface area contributed by atoms with Gasteiger partial charge in [-0.2, -0.15) is 0 Å². The maximum atomic E-state index is 6.01. The zero-order chi connectivity index (χ0) is 20.5. The zero-order valence-electron chi connectivity index (χ0n) is 16.6. The van der Waals surface area contributed by atoms with Gasteiger partial charge in [0.15, 0.2) is 5.84 Å². The second-order valence-electron chi connectivity index (χ2n) is 6.73. The Balaban J connectivity index is 1.49. The summed E-state index contributed by atoms with van der Waals surface area (Å²) in [6.07, 6.45) is 3.66. The number of hydrogen-bond acceptors (Lipinski definition) is 5. The van der Waals surface area contributed by atoms with E-state index < -0.39 is 0 Å². The van der Waals surface area contributed by atoms with E-state index in [1.807, 2.05) is 74.5 Å². The van der Waals surface area contributed by atoms with Crippen LogP contribution in [0.1, 0.15) is 30.5 Å². The number of oxime groups is 1. The third-order valence-electron chi connectivity index (χ3n) is 3.97. The first-order chi connectivity index (χ1) is 14.1. The molecule has 0 amide bonds. The van der Waals surface area contributed by atoms with E-state index in [4.69, 9.17) is 20.0 Å². The normalized spacial score (nSPS) is 11.3. The smallest absolute Gasteiger partial charge is 0.170 e. The second kappa shape index (κ2) is 10.1. The van der Waals surface area contributed by atoms with E-state index in [9.17, 15) is 0 Å². The highest BCUT2D eigenvalue weighted by molar-refractivity contribution is 5.97. The number of ether oxygens (including phenoxy) is 2. The van der Waals surface area contributed by atoms with Crippen LogP contribution >= 0.6 is 0 Å². The van der Waals surface area contributed by atoms with Gasteiger partial charge in [-0.3, -0.25) is 4.98 Å². The Morgan fingerprint density at radius 2 is 1.66 bits per heavy atom. The summed E-state index contributed by atoms with van der Waals surface area (Å²) in [6.45, 7) is 4.78. The van der Waals surface area contributed by atoms with Crippen molar-refractivity contribution < 1.29 is 14.3 Å². The van der Waals surface area contributed by atoms with Crippen molar-refractivity contribution in [1.82, 2.24) is 4.98 Å². The Labute approximate surface area is 170 Å². The molecule has 0 saturated carbocycles. The molecule has 0 aliphatic rings. The Hall–Kier alpha value is -3.54. The maximum Gasteiger partial charge on any atom is 0.170 e. The van der Waals surface area contributed by atoms with Crippen LogP contribution in [0.15, 0.2) is 78.2 Å². The van der Waals surface area contributed by atoms with Crippen LogP contribution in [-0.2, 0) is 18.1 Å². The second-order valence-corrected chi connectivity index (χ2v) is 6.73. The van der Waals surface area contributed by atoms with Crippen LogP contribution < -0.4 is 15.2 Å². The number of nitrogens with two attached hydrogens (primary N) is 1. The van der Waals surface area contributed by atoms with E-state index in [1.54, 1.807) is 12.4 Å². The van der Waals surface area contributed by atoms with Gasteiger partial charge in [-0.1, -0.05) is 23.4 Å². The van der Waals surface area contributed by atoms with Gasteiger partial charge >= 0.3 is 0 Å². The third kappa shape index (κ3) is 6.53. The molecule has 6 heteroatoms. The lowest BCUT2D eigenvalue weighted by Crippen LogP contribution is -2.13. The maximum absolute atomic E-state index is 6.01. The van der Waals surface area contributed by atoms with Crippen LogP contribution in [-0.4, -0.2) is 16.9 Å². The number of nitrogens with zero attached hydrogens (tertiary/aromatic N) is 2. The molecule has 1 heterocycles. The summed E-state index contributed by atoms with van der Waals surface area (Å²) in [7, 11) is 0. The van der Waals surface area contributed by atoms with Gasteiger partial charge in [0.05, 0.1) is 6.10 Å². The average molecular weight is 391 g/mol. The first kappa shape index (κ1) is 20.2. The molecule has 29 heavy (non-hydrogen) atoms. The summed E-state index contributed by atoms with van der Waals surface area (Å²) in [4.78, 5) is 9.44. The molecule has 1 aromatic heterocycles. The highest BCUT2D eigenvalue weighted by Gasteiger charge is 2.02. The monoisotopic (exact) mass is 391 g/mol. The lowest BCUT2D eigenvalue weighted by atomic mass is 10.2. The largest absolute Gasteiger partial charge is 0.491 e. The van der Waals surface area contributed by atoms with Gasteiger partial charge in [-0.05, 0) is 61.9 Å². The van der Waals surface area contributed by atoms with Crippen molar-refractivity contribution in [1.29, 1.82) is 0 Å². The number of hydrogen-bond donors (Lipinski definition) is 1. The van der Waals surface area contributed by atoms with Crippen molar-refractivity contribution in [3.63, 3.8) is 0 Å². The molecule has 0 aliphatic carbocycles. The predicted molar refractivity (Wildman–Crippen MR) is 113 cm³/mol. The van der Waals surface area contributed by atoms with Gasteiger partial charge in [-0.15, -0.1) is 0 Å². The summed E-state index contributed by atoms with van der Waals surface area (Å²) >= 11 is 0. The van der Waals surface area contributed by atoms with Crippen LogP contribution in [0, 0.1) is 0 Å². The number of amidine groups is 1. The summed E-state index contributed by atoms with van der Waals surface area (Å²) < 4.78 is 11.4. The summed E-state index contributed by atoms with van der Waals surface area (Å²) in [5.41, 5.74) is 8.76. The van der Waals surface area contributed by atoms with E-state index in [2.05, 4.69) is 10.1 Å². The highest BCUT2D eigenvalue weighted by atomic mass is 16.6. The number of pyridine rings is 1. The molecule has 0 atom stereocenters. The van der Waals surface area contributed by atoms with E-state index in [0.29, 0.717) is 19.0 Å². The predicted octanol–water partition coefficient (Wildman–Crippen LogP) is 4.28. The molecule has 0 fully saturated rings. The Bertz CT molecular complexity index is 908. The lowest BCUT2D eigenvalue weighted by molar-refractivity contribution is 0.130. The van der Waals surface area contributed by atoms with Crippen molar-refractivity contribution in [2.45, 2.75) is 33.2 Å². The third-order valence-corrected chi connectivity index (χ3v) is 3.97. The molecule has 0 bridgehead atoms. The molecular formula is C23H25N3O3. The van der Waals surface area contributed by atoms with Crippen molar-refractivity contribution in [3.05, 3.63) is 89.7 Å². The summed E-state index contributed by atoms with van der Waals surface area (Å²) in [5, 5.41) is 4.00. The molecule has 3 rings (SSSR count). The average Bonchev–Trinajstić information content (AvgIpc) is 2.74. The molecule has 0 saturated heterocycles. The highest BCUT2D eigenvalue weighted by Crippen LogP contribution is 2.16. The van der Waals surface area contributed by atoms with Crippen LogP contribution in [0.5, 0.6) is 11.5 Å². The van der Waals surface area contributed by atoms with Gasteiger partial charge in [-0.25, -0.2) is 0 Å². The molecule has 0 radical (unpaired) electrons. The summed E-state index contributed by atoms with van der Waals surface area (Å²) in [6, 6.07) is 18.9. The van der Waals surface area contributed by atoms with Crippen molar-refractivity contribution in [3.8, 4) is 11.5 Å². The minimum atomic E-state index is 0.147. The van der Waals surface area contributed by atoms with Gasteiger partial charge in [0.25, 0.3) is 0 Å². The fourth-order valence-corrected chi connectivity index (χ4v) is 2.54. The molecule has 0 aliphatic heterocycles. The molecule has 6 nitrogen and oxygen atoms in total. The van der Waals surface area contributed by atoms with Gasteiger partial charge < -0.3 is 20.0 Å². The number of aromatic nitrogens is 1. The van der Waals surface area contributed by atoms with Crippen LogP contribution in [0.3, 0.4) is 0 Å². The number of rotatable bonds is 9. The van der Waals surface area contributed by atoms with Crippen molar-refractivity contribution in [2.24, 2.45) is 10.9 Å². The minimum Gasteiger partial charge on any atom is -0.491 e. The molecule has 2 aromatic carbocycles. The lowest BCUT2D eigenvalue weighted by Gasteiger charge is -2.10.